The predicted molar refractivity (Wildman–Crippen MR) is 124 cm³/mol. The van der Waals surface area contributed by atoms with E-state index in [1.54, 1.807) is 34.1 Å². The van der Waals surface area contributed by atoms with Gasteiger partial charge in [-0.15, -0.1) is 11.3 Å². The number of rotatable bonds is 6. The van der Waals surface area contributed by atoms with E-state index in [0.717, 1.165) is 35.2 Å². The van der Waals surface area contributed by atoms with E-state index in [4.69, 9.17) is 9.72 Å². The zero-order chi connectivity index (χ0) is 21.2. The summed E-state index contributed by atoms with van der Waals surface area (Å²) in [6, 6.07) is 16.0. The second-order valence-electron chi connectivity index (χ2n) is 7.39. The van der Waals surface area contributed by atoms with Crippen LogP contribution >= 0.6 is 23.1 Å². The van der Waals surface area contributed by atoms with Gasteiger partial charge in [0.05, 0.1) is 17.7 Å². The zero-order valence-electron chi connectivity index (χ0n) is 16.8. The van der Waals surface area contributed by atoms with E-state index < -0.39 is 0 Å². The minimum atomic E-state index is -0.377. The second-order valence-corrected chi connectivity index (χ2v) is 9.53. The average Bonchev–Trinajstić information content (AvgIpc) is 3.17. The first-order chi connectivity index (χ1) is 15.2. The lowest BCUT2D eigenvalue weighted by atomic mass is 9.97. The van der Waals surface area contributed by atoms with Crippen molar-refractivity contribution >= 4 is 33.3 Å². The van der Waals surface area contributed by atoms with Crippen LogP contribution in [0.25, 0.3) is 15.9 Å². The maximum absolute atomic E-state index is 13.8. The number of thioether (sulfide) groups is 1. The van der Waals surface area contributed by atoms with Crippen LogP contribution in [0.1, 0.15) is 23.3 Å². The van der Waals surface area contributed by atoms with Gasteiger partial charge in [0.2, 0.25) is 0 Å². The molecule has 2 heterocycles. The molecule has 0 fully saturated rings. The molecule has 2 aromatic heterocycles. The van der Waals surface area contributed by atoms with E-state index >= 15 is 0 Å². The van der Waals surface area contributed by atoms with Gasteiger partial charge in [0.25, 0.3) is 5.56 Å². The number of benzene rings is 2. The topological polar surface area (TPSA) is 44.1 Å². The van der Waals surface area contributed by atoms with Crippen LogP contribution in [-0.4, -0.2) is 21.9 Å². The Morgan fingerprint density at radius 3 is 2.68 bits per heavy atom. The van der Waals surface area contributed by atoms with Crippen LogP contribution in [-0.2, 0) is 12.8 Å². The van der Waals surface area contributed by atoms with Crippen molar-refractivity contribution in [1.82, 2.24) is 9.55 Å². The third-order valence-corrected chi connectivity index (χ3v) is 7.47. The van der Waals surface area contributed by atoms with Gasteiger partial charge in [-0.05, 0) is 55.5 Å². The van der Waals surface area contributed by atoms with Crippen LogP contribution in [0.3, 0.4) is 0 Å². The van der Waals surface area contributed by atoms with Crippen LogP contribution in [0.4, 0.5) is 4.39 Å². The number of hydrogen-bond acceptors (Lipinski definition) is 5. The van der Waals surface area contributed by atoms with Gasteiger partial charge in [0, 0.05) is 10.6 Å². The highest BCUT2D eigenvalue weighted by Gasteiger charge is 2.22. The van der Waals surface area contributed by atoms with Gasteiger partial charge in [0.15, 0.2) is 16.7 Å². The Morgan fingerprint density at radius 2 is 1.84 bits per heavy atom. The Morgan fingerprint density at radius 1 is 1.06 bits per heavy atom. The molecular weight excluding hydrogens is 431 g/mol. The third kappa shape index (κ3) is 4.00. The molecule has 0 spiro atoms. The Labute approximate surface area is 187 Å². The maximum Gasteiger partial charge on any atom is 0.267 e. The summed E-state index contributed by atoms with van der Waals surface area (Å²) in [7, 11) is 0. The summed E-state index contributed by atoms with van der Waals surface area (Å²) < 4.78 is 21.1. The van der Waals surface area contributed by atoms with E-state index in [-0.39, 0.29) is 17.1 Å². The molecule has 5 rings (SSSR count). The van der Waals surface area contributed by atoms with Gasteiger partial charge in [0.1, 0.15) is 4.83 Å². The molecule has 0 unspecified atom stereocenters. The zero-order valence-corrected chi connectivity index (χ0v) is 18.5. The van der Waals surface area contributed by atoms with Gasteiger partial charge in [-0.25, -0.2) is 9.37 Å². The summed E-state index contributed by atoms with van der Waals surface area (Å²) >= 11 is 3.10. The summed E-state index contributed by atoms with van der Waals surface area (Å²) in [4.78, 5) is 20.6. The van der Waals surface area contributed by atoms with E-state index in [2.05, 4.69) is 0 Å². The molecule has 0 atom stereocenters. The van der Waals surface area contributed by atoms with E-state index in [0.29, 0.717) is 17.5 Å². The molecule has 0 amide bonds. The van der Waals surface area contributed by atoms with Crippen molar-refractivity contribution in [2.45, 2.75) is 30.8 Å². The maximum atomic E-state index is 13.8. The molecule has 31 heavy (non-hydrogen) atoms. The van der Waals surface area contributed by atoms with Crippen molar-refractivity contribution in [1.29, 1.82) is 0 Å². The molecule has 0 saturated heterocycles. The van der Waals surface area contributed by atoms with Gasteiger partial charge in [-0.2, -0.15) is 0 Å². The molecular formula is C24H21FN2O2S2. The van der Waals surface area contributed by atoms with Crippen LogP contribution in [0.5, 0.6) is 5.75 Å². The summed E-state index contributed by atoms with van der Waals surface area (Å²) in [5.41, 5.74) is 1.98. The largest absolute Gasteiger partial charge is 0.490 e. The summed E-state index contributed by atoms with van der Waals surface area (Å²) in [5, 5.41) is 1.41. The Bertz CT molecular complexity index is 1280. The molecule has 2 aromatic carbocycles. The molecule has 0 radical (unpaired) electrons. The number of aryl methyl sites for hydroxylation is 2. The van der Waals surface area contributed by atoms with E-state index in [1.807, 2.05) is 30.3 Å². The highest BCUT2D eigenvalue weighted by molar-refractivity contribution is 7.99. The van der Waals surface area contributed by atoms with Gasteiger partial charge in [-0.3, -0.25) is 9.36 Å². The molecule has 0 aliphatic heterocycles. The molecule has 0 saturated carbocycles. The lowest BCUT2D eigenvalue weighted by molar-refractivity contribution is 0.325. The molecule has 0 N–H and O–H groups in total. The van der Waals surface area contributed by atoms with E-state index in [1.165, 1.54) is 34.7 Å². The van der Waals surface area contributed by atoms with Gasteiger partial charge < -0.3 is 4.74 Å². The van der Waals surface area contributed by atoms with Crippen LogP contribution in [0, 0.1) is 5.82 Å². The quantitative estimate of drug-likeness (QED) is 0.216. The Kier molecular flexibility index (Phi) is 5.78. The minimum Gasteiger partial charge on any atom is -0.490 e. The fourth-order valence-corrected chi connectivity index (χ4v) is 6.07. The van der Waals surface area contributed by atoms with E-state index in [9.17, 15) is 9.18 Å². The number of hydrogen-bond donors (Lipinski definition) is 0. The van der Waals surface area contributed by atoms with Crippen LogP contribution < -0.4 is 10.3 Å². The third-order valence-electron chi connectivity index (χ3n) is 5.38. The van der Waals surface area contributed by atoms with Crippen molar-refractivity contribution in [2.75, 3.05) is 12.4 Å². The lowest BCUT2D eigenvalue weighted by Gasteiger charge is -2.14. The number of para-hydroxylation sites is 2. The van der Waals surface area contributed by atoms with Crippen molar-refractivity contribution in [3.8, 4) is 11.4 Å². The van der Waals surface area contributed by atoms with Crippen LogP contribution in [0.2, 0.25) is 0 Å². The molecule has 4 nitrogen and oxygen atoms in total. The molecule has 158 valence electrons. The van der Waals surface area contributed by atoms with Crippen molar-refractivity contribution in [3.05, 3.63) is 81.2 Å². The second kappa shape index (κ2) is 8.85. The standard InChI is InChI=1S/C24H21FN2O2S2/c25-18-11-5-6-12-19(18)29-14-15-30-24-26-22-21(17-10-4-7-13-20(17)31-22)23(28)27(24)16-8-2-1-3-9-16/h1-3,5-6,8-9,11-12H,4,7,10,13-15H2. The minimum absolute atomic E-state index is 0.00637. The number of halogens is 1. The number of thiophene rings is 1. The predicted octanol–water partition coefficient (Wildman–Crippen LogP) is 5.64. The Hall–Kier alpha value is -2.64. The average molecular weight is 453 g/mol. The van der Waals surface area contributed by atoms with Crippen molar-refractivity contribution < 1.29 is 9.13 Å². The number of aromatic nitrogens is 2. The summed E-state index contributed by atoms with van der Waals surface area (Å²) in [6.45, 7) is 0.315. The molecule has 1 aliphatic carbocycles. The molecule has 1 aliphatic rings. The molecule has 7 heteroatoms. The van der Waals surface area contributed by atoms with Crippen LogP contribution in [0.15, 0.2) is 64.5 Å². The lowest BCUT2D eigenvalue weighted by Crippen LogP contribution is -2.22. The molecule has 4 aromatic rings. The monoisotopic (exact) mass is 452 g/mol. The highest BCUT2D eigenvalue weighted by atomic mass is 32.2. The smallest absolute Gasteiger partial charge is 0.267 e. The first-order valence-electron chi connectivity index (χ1n) is 10.4. The van der Waals surface area contributed by atoms with Crippen molar-refractivity contribution in [2.24, 2.45) is 0 Å². The first kappa shape index (κ1) is 20.3. The first-order valence-corrected chi connectivity index (χ1v) is 12.2. The SMILES string of the molecule is O=c1c2c3c(sc2nc(SCCOc2ccccc2F)n1-c1ccccc1)CCCC3. The normalized spacial score (nSPS) is 13.3. The fourth-order valence-electron chi connectivity index (χ4n) is 3.93. The summed E-state index contributed by atoms with van der Waals surface area (Å²) in [6.07, 6.45) is 4.26. The number of fused-ring (bicyclic) bond motifs is 3. The fraction of sp³-hybridized carbons (Fsp3) is 0.250. The van der Waals surface area contributed by atoms with Crippen molar-refractivity contribution in [3.63, 3.8) is 0 Å². The Balaban J connectivity index is 1.49. The summed E-state index contributed by atoms with van der Waals surface area (Å²) in [5.74, 6) is 0.403. The van der Waals surface area contributed by atoms with Gasteiger partial charge >= 0.3 is 0 Å². The highest BCUT2D eigenvalue weighted by Crippen LogP contribution is 2.35. The number of ether oxygens (including phenoxy) is 1. The molecule has 0 bridgehead atoms. The number of nitrogens with zero attached hydrogens (tertiary/aromatic N) is 2. The van der Waals surface area contributed by atoms with Gasteiger partial charge in [-0.1, -0.05) is 42.1 Å².